The first kappa shape index (κ1) is 19.3. The summed E-state index contributed by atoms with van der Waals surface area (Å²) in [6, 6.07) is 5.22. The van der Waals surface area contributed by atoms with Gasteiger partial charge in [-0.15, -0.1) is 0 Å². The fourth-order valence-corrected chi connectivity index (χ4v) is 4.84. The number of rotatable bonds is 7. The van der Waals surface area contributed by atoms with Crippen molar-refractivity contribution in [2.75, 3.05) is 13.7 Å². The summed E-state index contributed by atoms with van der Waals surface area (Å²) in [6.07, 6.45) is 3.43. The third-order valence-electron chi connectivity index (χ3n) is 5.71. The zero-order valence-corrected chi connectivity index (χ0v) is 16.2. The number of nitrogens with zero attached hydrogens (tertiary/aromatic N) is 1. The normalized spacial score (nSPS) is 26.7. The number of carbonyl (C=O) groups excluding carboxylic acids is 1. The highest BCUT2D eigenvalue weighted by atomic mass is 35.5. The standard InChI is InChI=1S/C19H23Cl2NO4/c1-22(16-9-11-7-12(16)8-14(11)19(24)25)18(23)3-2-6-26-17-5-4-13(20)10-15(17)21/h4-5,10-12,14,16H,2-3,6-9H2,1H3,(H,24,25). The Hall–Kier alpha value is -1.46. The van der Waals surface area contributed by atoms with Gasteiger partial charge in [-0.25, -0.2) is 0 Å². The van der Waals surface area contributed by atoms with E-state index in [-0.39, 0.29) is 23.8 Å². The number of benzene rings is 1. The molecule has 2 fully saturated rings. The van der Waals surface area contributed by atoms with Gasteiger partial charge in [-0.3, -0.25) is 9.59 Å². The molecule has 4 atom stereocenters. The van der Waals surface area contributed by atoms with Gasteiger partial charge in [0.1, 0.15) is 5.75 Å². The predicted octanol–water partition coefficient (Wildman–Crippen LogP) is 4.11. The second-order valence-corrected chi connectivity index (χ2v) is 8.11. The Kier molecular flexibility index (Phi) is 5.98. The van der Waals surface area contributed by atoms with Gasteiger partial charge in [0.25, 0.3) is 0 Å². The molecule has 2 bridgehead atoms. The fraction of sp³-hybridized carbons (Fsp3) is 0.579. The second-order valence-electron chi connectivity index (χ2n) is 7.27. The molecule has 142 valence electrons. The van der Waals surface area contributed by atoms with Gasteiger partial charge in [0.15, 0.2) is 0 Å². The lowest BCUT2D eigenvalue weighted by molar-refractivity contribution is -0.144. The summed E-state index contributed by atoms with van der Waals surface area (Å²) in [7, 11) is 1.83. The van der Waals surface area contributed by atoms with E-state index in [1.54, 1.807) is 18.2 Å². The van der Waals surface area contributed by atoms with Crippen molar-refractivity contribution in [3.05, 3.63) is 28.2 Å². The quantitative estimate of drug-likeness (QED) is 0.700. The monoisotopic (exact) mass is 399 g/mol. The van der Waals surface area contributed by atoms with Crippen LogP contribution < -0.4 is 4.74 Å². The highest BCUT2D eigenvalue weighted by molar-refractivity contribution is 6.35. The molecule has 3 rings (SSSR count). The molecule has 1 N–H and O–H groups in total. The lowest BCUT2D eigenvalue weighted by Gasteiger charge is -2.33. The van der Waals surface area contributed by atoms with Crippen LogP contribution in [0, 0.1) is 17.8 Å². The molecule has 0 heterocycles. The van der Waals surface area contributed by atoms with Crippen LogP contribution in [-0.4, -0.2) is 41.6 Å². The number of ether oxygens (including phenoxy) is 1. The SMILES string of the molecule is CN(C(=O)CCCOc1ccc(Cl)cc1Cl)C1CC2CC1CC2C(=O)O. The van der Waals surface area contributed by atoms with Crippen LogP contribution in [0.5, 0.6) is 5.75 Å². The molecule has 1 amide bonds. The molecule has 1 aromatic carbocycles. The minimum absolute atomic E-state index is 0.0835. The summed E-state index contributed by atoms with van der Waals surface area (Å²) in [5.41, 5.74) is 0. The van der Waals surface area contributed by atoms with E-state index in [1.165, 1.54) is 0 Å². The molecule has 26 heavy (non-hydrogen) atoms. The fourth-order valence-electron chi connectivity index (χ4n) is 4.38. The number of fused-ring (bicyclic) bond motifs is 2. The van der Waals surface area contributed by atoms with E-state index in [2.05, 4.69) is 0 Å². The molecule has 0 spiro atoms. The van der Waals surface area contributed by atoms with Gasteiger partial charge in [-0.1, -0.05) is 23.2 Å². The summed E-state index contributed by atoms with van der Waals surface area (Å²) >= 11 is 11.9. The number of halogens is 2. The van der Waals surface area contributed by atoms with Crippen molar-refractivity contribution < 1.29 is 19.4 Å². The topological polar surface area (TPSA) is 66.8 Å². The Bertz CT molecular complexity index is 696. The first-order chi connectivity index (χ1) is 12.4. The zero-order chi connectivity index (χ0) is 18.8. The number of carboxylic acids is 1. The van der Waals surface area contributed by atoms with Crippen LogP contribution in [0.2, 0.25) is 10.0 Å². The molecule has 0 radical (unpaired) electrons. The van der Waals surface area contributed by atoms with Crippen molar-refractivity contribution in [2.45, 2.75) is 38.1 Å². The average Bonchev–Trinajstić information content (AvgIpc) is 3.20. The summed E-state index contributed by atoms with van der Waals surface area (Å²) in [6.45, 7) is 0.402. The third-order valence-corrected chi connectivity index (χ3v) is 6.24. The summed E-state index contributed by atoms with van der Waals surface area (Å²) in [5, 5.41) is 10.2. The molecule has 4 unspecified atom stereocenters. The smallest absolute Gasteiger partial charge is 0.306 e. The van der Waals surface area contributed by atoms with Gasteiger partial charge < -0.3 is 14.7 Å². The van der Waals surface area contributed by atoms with E-state index in [0.717, 1.165) is 12.8 Å². The van der Waals surface area contributed by atoms with Crippen LogP contribution in [0.1, 0.15) is 32.1 Å². The van der Waals surface area contributed by atoms with Crippen LogP contribution in [0.3, 0.4) is 0 Å². The summed E-state index contributed by atoms with van der Waals surface area (Å²) < 4.78 is 5.61. The lowest BCUT2D eigenvalue weighted by Crippen LogP contribution is -2.42. The Morgan fingerprint density at radius 2 is 2.00 bits per heavy atom. The molecule has 0 aromatic heterocycles. The van der Waals surface area contributed by atoms with Crippen molar-refractivity contribution in [3.8, 4) is 5.75 Å². The van der Waals surface area contributed by atoms with E-state index in [0.29, 0.717) is 47.6 Å². The molecule has 2 aliphatic carbocycles. The largest absolute Gasteiger partial charge is 0.492 e. The van der Waals surface area contributed by atoms with Gasteiger partial charge in [0.2, 0.25) is 5.91 Å². The molecule has 5 nitrogen and oxygen atoms in total. The highest BCUT2D eigenvalue weighted by Gasteiger charge is 2.50. The summed E-state index contributed by atoms with van der Waals surface area (Å²) in [4.78, 5) is 25.5. The number of aliphatic carboxylic acids is 1. The van der Waals surface area contributed by atoms with Crippen LogP contribution in [0.25, 0.3) is 0 Å². The van der Waals surface area contributed by atoms with Crippen molar-refractivity contribution in [3.63, 3.8) is 0 Å². The number of hydrogen-bond donors (Lipinski definition) is 1. The number of carbonyl (C=O) groups is 2. The van der Waals surface area contributed by atoms with Gasteiger partial charge in [0, 0.05) is 24.5 Å². The van der Waals surface area contributed by atoms with Gasteiger partial charge in [-0.2, -0.15) is 0 Å². The van der Waals surface area contributed by atoms with E-state index < -0.39 is 5.97 Å². The van der Waals surface area contributed by atoms with Gasteiger partial charge in [0.05, 0.1) is 17.5 Å². The molecular formula is C19H23Cl2NO4. The average molecular weight is 400 g/mol. The molecule has 0 aliphatic heterocycles. The predicted molar refractivity (Wildman–Crippen MR) is 99.7 cm³/mol. The van der Waals surface area contributed by atoms with Crippen LogP contribution in [-0.2, 0) is 9.59 Å². The first-order valence-corrected chi connectivity index (χ1v) is 9.68. The lowest BCUT2D eigenvalue weighted by atomic mass is 9.85. The number of amides is 1. The molecular weight excluding hydrogens is 377 g/mol. The third kappa shape index (κ3) is 4.09. The Morgan fingerprint density at radius 3 is 2.62 bits per heavy atom. The minimum atomic E-state index is -0.692. The van der Waals surface area contributed by atoms with Crippen molar-refractivity contribution in [2.24, 2.45) is 17.8 Å². The van der Waals surface area contributed by atoms with Crippen molar-refractivity contribution in [1.82, 2.24) is 4.90 Å². The van der Waals surface area contributed by atoms with Crippen molar-refractivity contribution in [1.29, 1.82) is 0 Å². The Labute approximate surface area is 163 Å². The van der Waals surface area contributed by atoms with Crippen molar-refractivity contribution >= 4 is 35.1 Å². The van der Waals surface area contributed by atoms with E-state index in [9.17, 15) is 14.7 Å². The van der Waals surface area contributed by atoms with Crippen LogP contribution in [0.15, 0.2) is 18.2 Å². The molecule has 2 aliphatic rings. The molecule has 2 saturated carbocycles. The molecule has 0 saturated heterocycles. The van der Waals surface area contributed by atoms with Crippen LogP contribution >= 0.6 is 23.2 Å². The second kappa shape index (κ2) is 8.05. The molecule has 7 heteroatoms. The Balaban J connectivity index is 1.42. The van der Waals surface area contributed by atoms with E-state index >= 15 is 0 Å². The maximum atomic E-state index is 12.5. The maximum Gasteiger partial charge on any atom is 0.306 e. The van der Waals surface area contributed by atoms with Crippen LogP contribution in [0.4, 0.5) is 0 Å². The minimum Gasteiger partial charge on any atom is -0.492 e. The summed E-state index contributed by atoms with van der Waals surface area (Å²) in [5.74, 6) is 0.262. The maximum absolute atomic E-state index is 12.5. The van der Waals surface area contributed by atoms with E-state index in [4.69, 9.17) is 27.9 Å². The number of carboxylic acid groups (broad SMARTS) is 1. The van der Waals surface area contributed by atoms with Gasteiger partial charge >= 0.3 is 5.97 Å². The van der Waals surface area contributed by atoms with Gasteiger partial charge in [-0.05, 0) is 55.7 Å². The highest BCUT2D eigenvalue weighted by Crippen LogP contribution is 2.50. The first-order valence-electron chi connectivity index (χ1n) is 8.93. The van der Waals surface area contributed by atoms with E-state index in [1.807, 2.05) is 11.9 Å². The number of hydrogen-bond acceptors (Lipinski definition) is 3. The zero-order valence-electron chi connectivity index (χ0n) is 14.7. The molecule has 1 aromatic rings. The Morgan fingerprint density at radius 1 is 1.23 bits per heavy atom.